The monoisotopic (exact) mass is 360 g/mol. The highest BCUT2D eigenvalue weighted by atomic mass is 35.5. The lowest BCUT2D eigenvalue weighted by molar-refractivity contribution is 0.0229. The van der Waals surface area contributed by atoms with E-state index in [4.69, 9.17) is 4.74 Å². The van der Waals surface area contributed by atoms with Gasteiger partial charge in [-0.3, -0.25) is 4.79 Å². The molecule has 132 valence electrons. The molecular formula is C19H21ClN2O3. The zero-order valence-electron chi connectivity index (χ0n) is 13.7. The topological polar surface area (TPSA) is 67.4 Å². The van der Waals surface area contributed by atoms with Gasteiger partial charge < -0.3 is 15.4 Å². The molecule has 5 nitrogen and oxygen atoms in total. The fraction of sp³-hybridized carbons (Fsp3) is 0.263. The van der Waals surface area contributed by atoms with Gasteiger partial charge in [-0.25, -0.2) is 4.79 Å². The molecule has 0 atom stereocenters. The van der Waals surface area contributed by atoms with Gasteiger partial charge in [0.05, 0.1) is 5.56 Å². The normalized spacial score (nSPS) is 14.2. The minimum Gasteiger partial charge on any atom is -0.459 e. The number of carbonyl (C=O) groups excluding carboxylic acids is 2. The number of hydrogen-bond donors (Lipinski definition) is 2. The molecule has 1 saturated heterocycles. The Morgan fingerprint density at radius 1 is 0.920 bits per heavy atom. The Balaban J connectivity index is 0.00000225. The first-order chi connectivity index (χ1) is 11.7. The number of hydrogen-bond acceptors (Lipinski definition) is 4. The van der Waals surface area contributed by atoms with Crippen LogP contribution in [0.15, 0.2) is 54.6 Å². The maximum absolute atomic E-state index is 12.1. The predicted molar refractivity (Wildman–Crippen MR) is 99.4 cm³/mol. The third kappa shape index (κ3) is 5.31. The number of esters is 1. The average Bonchev–Trinajstić information content (AvgIpc) is 2.64. The van der Waals surface area contributed by atoms with Crippen molar-refractivity contribution in [2.75, 3.05) is 18.4 Å². The van der Waals surface area contributed by atoms with Crippen molar-refractivity contribution in [2.24, 2.45) is 0 Å². The molecule has 6 heteroatoms. The van der Waals surface area contributed by atoms with Crippen molar-refractivity contribution in [2.45, 2.75) is 18.9 Å². The van der Waals surface area contributed by atoms with E-state index in [0.29, 0.717) is 16.8 Å². The molecule has 0 aromatic heterocycles. The van der Waals surface area contributed by atoms with Crippen LogP contribution >= 0.6 is 12.4 Å². The van der Waals surface area contributed by atoms with E-state index in [1.54, 1.807) is 36.4 Å². The molecule has 0 radical (unpaired) electrons. The summed E-state index contributed by atoms with van der Waals surface area (Å²) in [6.07, 6.45) is 1.67. The molecule has 1 aliphatic rings. The summed E-state index contributed by atoms with van der Waals surface area (Å²) in [6.45, 7) is 1.75. The number of carbonyl (C=O) groups is 2. The fourth-order valence-electron chi connectivity index (χ4n) is 2.62. The van der Waals surface area contributed by atoms with E-state index in [2.05, 4.69) is 10.6 Å². The SMILES string of the molecule is Cl.O=C(Nc1ccc(C(=O)OC2CCNCC2)cc1)c1ccccc1. The molecule has 0 bridgehead atoms. The van der Waals surface area contributed by atoms with E-state index in [1.165, 1.54) is 0 Å². The lowest BCUT2D eigenvalue weighted by Crippen LogP contribution is -2.33. The zero-order chi connectivity index (χ0) is 16.8. The van der Waals surface area contributed by atoms with Crippen LogP contribution in [0.4, 0.5) is 5.69 Å². The summed E-state index contributed by atoms with van der Waals surface area (Å²) in [4.78, 5) is 24.2. The number of ether oxygens (including phenoxy) is 1. The number of rotatable bonds is 4. The molecule has 0 aliphatic carbocycles. The highest BCUT2D eigenvalue weighted by molar-refractivity contribution is 6.04. The standard InChI is InChI=1S/C19H20N2O3.ClH/c22-18(14-4-2-1-3-5-14)21-16-8-6-15(7-9-16)19(23)24-17-10-12-20-13-11-17;/h1-9,17,20H,10-13H2,(H,21,22);1H. The number of nitrogens with one attached hydrogen (secondary N) is 2. The number of anilines is 1. The molecule has 2 aromatic rings. The molecule has 0 saturated carbocycles. The third-order valence-electron chi connectivity index (χ3n) is 3.97. The smallest absolute Gasteiger partial charge is 0.338 e. The zero-order valence-corrected chi connectivity index (χ0v) is 14.6. The lowest BCUT2D eigenvalue weighted by atomic mass is 10.1. The van der Waals surface area contributed by atoms with Crippen LogP contribution in [-0.2, 0) is 4.74 Å². The third-order valence-corrected chi connectivity index (χ3v) is 3.97. The molecule has 1 amide bonds. The van der Waals surface area contributed by atoms with E-state index >= 15 is 0 Å². The molecule has 1 aliphatic heterocycles. The highest BCUT2D eigenvalue weighted by Gasteiger charge is 2.18. The van der Waals surface area contributed by atoms with Gasteiger partial charge in [-0.05, 0) is 62.3 Å². The molecule has 0 spiro atoms. The Morgan fingerprint density at radius 2 is 1.56 bits per heavy atom. The number of halogens is 1. The van der Waals surface area contributed by atoms with Crippen molar-refractivity contribution in [3.63, 3.8) is 0 Å². The second kappa shape index (κ2) is 9.20. The van der Waals surface area contributed by atoms with Gasteiger partial charge in [-0.2, -0.15) is 0 Å². The Morgan fingerprint density at radius 3 is 2.20 bits per heavy atom. The minimum absolute atomic E-state index is 0. The van der Waals surface area contributed by atoms with E-state index < -0.39 is 0 Å². The van der Waals surface area contributed by atoms with Crippen LogP contribution in [0, 0.1) is 0 Å². The van der Waals surface area contributed by atoms with Crippen LogP contribution < -0.4 is 10.6 Å². The Bertz CT molecular complexity index is 698. The molecule has 2 aromatic carbocycles. The molecule has 1 fully saturated rings. The van der Waals surface area contributed by atoms with Crippen molar-refractivity contribution >= 4 is 30.0 Å². The van der Waals surface area contributed by atoms with Gasteiger partial charge in [0.2, 0.25) is 0 Å². The molecule has 3 rings (SSSR count). The van der Waals surface area contributed by atoms with Gasteiger partial charge in [-0.15, -0.1) is 12.4 Å². The summed E-state index contributed by atoms with van der Waals surface area (Å²) >= 11 is 0. The van der Waals surface area contributed by atoms with Crippen LogP contribution in [0.25, 0.3) is 0 Å². The van der Waals surface area contributed by atoms with Gasteiger partial charge in [0.15, 0.2) is 0 Å². The summed E-state index contributed by atoms with van der Waals surface area (Å²) in [5.41, 5.74) is 1.72. The van der Waals surface area contributed by atoms with Gasteiger partial charge in [0.25, 0.3) is 5.91 Å². The van der Waals surface area contributed by atoms with Crippen molar-refractivity contribution in [1.29, 1.82) is 0 Å². The van der Waals surface area contributed by atoms with Gasteiger partial charge in [0.1, 0.15) is 6.10 Å². The molecule has 0 unspecified atom stereocenters. The van der Waals surface area contributed by atoms with Crippen LogP contribution in [0.2, 0.25) is 0 Å². The summed E-state index contributed by atoms with van der Waals surface area (Å²) in [5.74, 6) is -0.497. The largest absolute Gasteiger partial charge is 0.459 e. The summed E-state index contributed by atoms with van der Waals surface area (Å²) in [5, 5.41) is 6.04. The van der Waals surface area contributed by atoms with E-state index in [0.717, 1.165) is 25.9 Å². The second-order valence-corrected chi connectivity index (χ2v) is 5.75. The average molecular weight is 361 g/mol. The van der Waals surface area contributed by atoms with Crippen molar-refractivity contribution in [3.8, 4) is 0 Å². The van der Waals surface area contributed by atoms with E-state index in [9.17, 15) is 9.59 Å². The maximum Gasteiger partial charge on any atom is 0.338 e. The van der Waals surface area contributed by atoms with Crippen molar-refractivity contribution in [3.05, 3.63) is 65.7 Å². The Kier molecular flexibility index (Phi) is 6.98. The Hall–Kier alpha value is -2.37. The maximum atomic E-state index is 12.1. The number of piperidine rings is 1. The molecular weight excluding hydrogens is 340 g/mol. The van der Waals surface area contributed by atoms with Crippen LogP contribution in [-0.4, -0.2) is 31.1 Å². The van der Waals surface area contributed by atoms with Gasteiger partial charge >= 0.3 is 5.97 Å². The van der Waals surface area contributed by atoms with Gasteiger partial charge in [-0.1, -0.05) is 18.2 Å². The minimum atomic E-state index is -0.317. The second-order valence-electron chi connectivity index (χ2n) is 5.75. The van der Waals surface area contributed by atoms with E-state index in [-0.39, 0.29) is 30.4 Å². The summed E-state index contributed by atoms with van der Waals surface area (Å²) < 4.78 is 5.50. The molecule has 25 heavy (non-hydrogen) atoms. The number of amides is 1. The first-order valence-corrected chi connectivity index (χ1v) is 8.10. The van der Waals surface area contributed by atoms with Crippen molar-refractivity contribution in [1.82, 2.24) is 5.32 Å². The lowest BCUT2D eigenvalue weighted by Gasteiger charge is -2.22. The van der Waals surface area contributed by atoms with Crippen LogP contribution in [0.1, 0.15) is 33.6 Å². The quantitative estimate of drug-likeness (QED) is 0.821. The predicted octanol–water partition coefficient (Wildman–Crippen LogP) is 3.27. The first kappa shape index (κ1) is 19.0. The van der Waals surface area contributed by atoms with Crippen LogP contribution in [0.5, 0.6) is 0 Å². The van der Waals surface area contributed by atoms with Crippen LogP contribution in [0.3, 0.4) is 0 Å². The summed E-state index contributed by atoms with van der Waals surface area (Å²) in [7, 11) is 0. The Labute approximate surface area is 153 Å². The molecule has 1 heterocycles. The van der Waals surface area contributed by atoms with Crippen molar-refractivity contribution < 1.29 is 14.3 Å². The summed E-state index contributed by atoms with van der Waals surface area (Å²) in [6, 6.07) is 15.7. The highest BCUT2D eigenvalue weighted by Crippen LogP contribution is 2.15. The van der Waals surface area contributed by atoms with E-state index in [1.807, 2.05) is 18.2 Å². The first-order valence-electron chi connectivity index (χ1n) is 8.10. The number of benzene rings is 2. The fourth-order valence-corrected chi connectivity index (χ4v) is 2.62. The van der Waals surface area contributed by atoms with Gasteiger partial charge in [0, 0.05) is 11.3 Å². The molecule has 2 N–H and O–H groups in total.